The quantitative estimate of drug-likeness (QED) is 0.571. The molecule has 0 bridgehead atoms. The fourth-order valence-corrected chi connectivity index (χ4v) is 0.903. The van der Waals surface area contributed by atoms with Crippen molar-refractivity contribution in [2.75, 3.05) is 0 Å². The molecule has 1 aromatic rings. The molecule has 1 N–H and O–H groups in total. The Kier molecular flexibility index (Phi) is 11.4. The summed E-state index contributed by atoms with van der Waals surface area (Å²) in [5.74, 6) is -0.827. The van der Waals surface area contributed by atoms with E-state index >= 15 is 0 Å². The van der Waals surface area contributed by atoms with E-state index < -0.39 is 5.97 Å². The van der Waals surface area contributed by atoms with Gasteiger partial charge in [-0.2, -0.15) is 6.42 Å². The molecule has 0 fully saturated rings. The molecule has 0 heterocycles. The predicted molar refractivity (Wildman–Crippen MR) is 58.4 cm³/mol. The molecule has 1 rings (SSSR count). The summed E-state index contributed by atoms with van der Waals surface area (Å²) in [5.41, 5.74) is 0.766. The van der Waals surface area contributed by atoms with Crippen LogP contribution in [0.1, 0.15) is 18.9 Å². The van der Waals surface area contributed by atoms with Crippen molar-refractivity contribution in [3.8, 4) is 0 Å². The Morgan fingerprint density at radius 3 is 2.13 bits per heavy atom. The fraction of sp³-hybridized carbons (Fsp3) is 0.273. The zero-order valence-electron chi connectivity index (χ0n) is 9.16. The Bertz CT molecular complexity index is 272. The van der Waals surface area contributed by atoms with Crippen LogP contribution in [-0.4, -0.2) is 11.1 Å². The smallest absolute Gasteiger partial charge is 0.481 e. The van der Waals surface area contributed by atoms with Gasteiger partial charge in [-0.15, -0.1) is 0 Å². The second-order valence-corrected chi connectivity index (χ2v) is 3.13. The molecule has 0 spiro atoms. The van der Waals surface area contributed by atoms with Crippen LogP contribution in [0.3, 0.4) is 0 Å². The van der Waals surface area contributed by atoms with Gasteiger partial charge in [-0.3, -0.25) is 4.79 Å². The summed E-state index contributed by atoms with van der Waals surface area (Å²) in [6, 6.07) is 6.77. The normalized spacial score (nSPS) is 8.20. The number of benzene rings is 1. The zero-order valence-corrected chi connectivity index (χ0v) is 9.92. The van der Waals surface area contributed by atoms with Crippen LogP contribution in [0.4, 0.5) is 0 Å². The molecule has 0 aliphatic heterocycles. The third-order valence-corrected chi connectivity index (χ3v) is 1.52. The maximum Gasteiger partial charge on any atom is 1.00 e. The Morgan fingerprint density at radius 2 is 1.80 bits per heavy atom. The van der Waals surface area contributed by atoms with Gasteiger partial charge in [-0.25, -0.2) is 0 Å². The topological polar surface area (TPSA) is 37.3 Å². The van der Waals surface area contributed by atoms with Crippen molar-refractivity contribution in [1.82, 2.24) is 0 Å². The molecule has 15 heavy (non-hydrogen) atoms. The number of halogens is 1. The molecule has 0 unspecified atom stereocenters. The average Bonchev–Trinajstić information content (AvgIpc) is 2.09. The summed E-state index contributed by atoms with van der Waals surface area (Å²) in [4.78, 5) is 10.2. The molecule has 0 aromatic heterocycles. The molecule has 0 atom stereocenters. The Morgan fingerprint density at radius 1 is 1.40 bits per heavy atom. The van der Waals surface area contributed by atoms with E-state index in [0.29, 0.717) is 5.02 Å². The summed E-state index contributed by atoms with van der Waals surface area (Å²) >= 11 is 5.60. The second kappa shape index (κ2) is 10.1. The van der Waals surface area contributed by atoms with Gasteiger partial charge < -0.3 is 12.0 Å². The van der Waals surface area contributed by atoms with Gasteiger partial charge >= 0.3 is 24.8 Å². The molecule has 1 aromatic carbocycles. The Labute approximate surface area is 108 Å². The molecule has 0 saturated carbocycles. The molecular formula is C11H14ClLiO2. The van der Waals surface area contributed by atoms with Crippen LogP contribution in [-0.2, 0) is 11.2 Å². The van der Waals surface area contributed by atoms with Gasteiger partial charge in [0.2, 0.25) is 0 Å². The van der Waals surface area contributed by atoms with Crippen molar-refractivity contribution < 1.29 is 28.8 Å². The standard InChI is InChI=1S/C8H7ClO2.C3H7.Li/c9-7-3-1-6(2-4-7)5-8(10)11;1-3-2;/h1-4H,5H2,(H,10,11);1,3H2,2H3;/q;-1;+1. The van der Waals surface area contributed by atoms with Gasteiger partial charge in [0.25, 0.3) is 0 Å². The first-order valence-electron chi connectivity index (χ1n) is 4.35. The number of carbonyl (C=O) groups is 1. The molecule has 0 radical (unpaired) electrons. The van der Waals surface area contributed by atoms with Crippen LogP contribution in [0, 0.1) is 6.92 Å². The van der Waals surface area contributed by atoms with Gasteiger partial charge in [-0.1, -0.05) is 30.7 Å². The molecule has 0 aliphatic carbocycles. The largest absolute Gasteiger partial charge is 1.00 e. The van der Waals surface area contributed by atoms with Crippen LogP contribution in [0.15, 0.2) is 24.3 Å². The summed E-state index contributed by atoms with van der Waals surface area (Å²) in [6.45, 7) is 5.50. The van der Waals surface area contributed by atoms with E-state index in [-0.39, 0.29) is 25.3 Å². The number of aliphatic carboxylic acids is 1. The van der Waals surface area contributed by atoms with Crippen LogP contribution in [0.25, 0.3) is 0 Å². The number of rotatable bonds is 2. The van der Waals surface area contributed by atoms with Gasteiger partial charge in [0, 0.05) is 5.02 Å². The van der Waals surface area contributed by atoms with Gasteiger partial charge in [0.1, 0.15) is 0 Å². The average molecular weight is 221 g/mol. The molecule has 2 nitrogen and oxygen atoms in total. The monoisotopic (exact) mass is 220 g/mol. The summed E-state index contributed by atoms with van der Waals surface area (Å²) in [5, 5.41) is 9.03. The second-order valence-electron chi connectivity index (χ2n) is 2.70. The third kappa shape index (κ3) is 9.87. The number of carboxylic acid groups (broad SMARTS) is 1. The van der Waals surface area contributed by atoms with E-state index in [0.717, 1.165) is 12.0 Å². The van der Waals surface area contributed by atoms with Crippen LogP contribution in [0.2, 0.25) is 5.02 Å². The molecule has 0 saturated heterocycles. The maximum absolute atomic E-state index is 10.2. The van der Waals surface area contributed by atoms with E-state index in [9.17, 15) is 4.79 Å². The zero-order chi connectivity index (χ0) is 11.0. The molecule has 0 amide bonds. The van der Waals surface area contributed by atoms with Crippen molar-refractivity contribution in [2.45, 2.75) is 19.8 Å². The Hall–Kier alpha value is -0.423. The molecule has 0 aliphatic rings. The van der Waals surface area contributed by atoms with E-state index in [1.807, 2.05) is 6.92 Å². The van der Waals surface area contributed by atoms with E-state index in [2.05, 4.69) is 6.92 Å². The van der Waals surface area contributed by atoms with Crippen LogP contribution < -0.4 is 18.9 Å². The first-order valence-corrected chi connectivity index (χ1v) is 4.73. The number of carboxylic acids is 1. The maximum atomic E-state index is 10.2. The molecular weight excluding hydrogens is 207 g/mol. The van der Waals surface area contributed by atoms with E-state index in [1.54, 1.807) is 24.3 Å². The van der Waals surface area contributed by atoms with Crippen molar-refractivity contribution in [3.05, 3.63) is 41.8 Å². The van der Waals surface area contributed by atoms with Crippen molar-refractivity contribution >= 4 is 17.6 Å². The third-order valence-electron chi connectivity index (χ3n) is 1.27. The van der Waals surface area contributed by atoms with Crippen molar-refractivity contribution in [3.63, 3.8) is 0 Å². The molecule has 4 heteroatoms. The van der Waals surface area contributed by atoms with Crippen molar-refractivity contribution in [2.24, 2.45) is 0 Å². The minimum Gasteiger partial charge on any atom is -0.481 e. The summed E-state index contributed by atoms with van der Waals surface area (Å²) in [7, 11) is 0. The SMILES string of the molecule is O=C(O)Cc1ccc(Cl)cc1.[CH2-]CC.[Li+]. The minimum atomic E-state index is -0.827. The Balaban J connectivity index is 0. The fourth-order valence-electron chi connectivity index (χ4n) is 0.777. The van der Waals surface area contributed by atoms with Crippen LogP contribution in [0.5, 0.6) is 0 Å². The van der Waals surface area contributed by atoms with Gasteiger partial charge in [0.05, 0.1) is 6.42 Å². The first kappa shape index (κ1) is 17.0. The summed E-state index contributed by atoms with van der Waals surface area (Å²) in [6.07, 6.45) is 1.05. The van der Waals surface area contributed by atoms with Gasteiger partial charge in [-0.05, 0) is 17.7 Å². The van der Waals surface area contributed by atoms with Gasteiger partial charge in [0.15, 0.2) is 0 Å². The minimum absolute atomic E-state index is 0. The first-order chi connectivity index (χ1) is 6.60. The van der Waals surface area contributed by atoms with Crippen LogP contribution >= 0.6 is 11.6 Å². The number of hydrogen-bond acceptors (Lipinski definition) is 1. The van der Waals surface area contributed by atoms with Crippen molar-refractivity contribution in [1.29, 1.82) is 0 Å². The van der Waals surface area contributed by atoms with E-state index in [4.69, 9.17) is 16.7 Å². The molecule has 78 valence electrons. The summed E-state index contributed by atoms with van der Waals surface area (Å²) < 4.78 is 0. The predicted octanol–water partition coefficient (Wildman–Crippen LogP) is 0.202. The number of hydrogen-bond donors (Lipinski definition) is 1. The van der Waals surface area contributed by atoms with E-state index in [1.165, 1.54) is 0 Å².